The Kier molecular flexibility index (Phi) is 5.68. The predicted octanol–water partition coefficient (Wildman–Crippen LogP) is 5.42. The van der Waals surface area contributed by atoms with Crippen LogP contribution < -0.4 is 4.74 Å². The fourth-order valence-electron chi connectivity index (χ4n) is 4.55. The lowest BCUT2D eigenvalue weighted by molar-refractivity contribution is 0.0696. The van der Waals surface area contributed by atoms with Gasteiger partial charge in [0.05, 0.1) is 11.3 Å². The molecule has 6 heteroatoms. The molecule has 0 atom stereocenters. The van der Waals surface area contributed by atoms with Crippen molar-refractivity contribution in [3.8, 4) is 5.75 Å². The van der Waals surface area contributed by atoms with E-state index in [0.717, 1.165) is 42.9 Å². The van der Waals surface area contributed by atoms with Gasteiger partial charge >= 0.3 is 5.97 Å². The van der Waals surface area contributed by atoms with Gasteiger partial charge in [-0.05, 0) is 59.9 Å². The second kappa shape index (κ2) is 8.77. The number of nitrogens with zero attached hydrogens (tertiary/aromatic N) is 2. The van der Waals surface area contributed by atoms with Crippen molar-refractivity contribution in [2.24, 2.45) is 0 Å². The van der Waals surface area contributed by atoms with Crippen molar-refractivity contribution in [2.75, 3.05) is 13.1 Å². The van der Waals surface area contributed by atoms with E-state index in [2.05, 4.69) is 34.1 Å². The van der Waals surface area contributed by atoms with E-state index in [1.54, 1.807) is 12.3 Å². The number of piperidine rings is 1. The molecule has 5 rings (SSSR count). The van der Waals surface area contributed by atoms with Crippen LogP contribution in [0.2, 0.25) is 5.02 Å². The summed E-state index contributed by atoms with van der Waals surface area (Å²) in [5, 5.41) is 9.90. The largest absolute Gasteiger partial charge is 0.488 e. The second-order valence-electron chi connectivity index (χ2n) is 8.18. The van der Waals surface area contributed by atoms with Crippen molar-refractivity contribution in [1.29, 1.82) is 0 Å². The van der Waals surface area contributed by atoms with Crippen molar-refractivity contribution < 1.29 is 14.6 Å². The molecule has 162 valence electrons. The molecule has 0 spiro atoms. The van der Waals surface area contributed by atoms with Crippen LogP contribution in [0.15, 0.2) is 66.4 Å². The average molecular weight is 447 g/mol. The number of halogens is 1. The molecule has 2 aromatic carbocycles. The third-order valence-corrected chi connectivity index (χ3v) is 6.38. The third-order valence-electron chi connectivity index (χ3n) is 6.15. The number of carboxylic acids is 1. The van der Waals surface area contributed by atoms with Crippen LogP contribution in [0.5, 0.6) is 5.75 Å². The number of ether oxygens (including phenoxy) is 1. The molecule has 0 unspecified atom stereocenters. The topological polar surface area (TPSA) is 62.7 Å². The normalized spacial score (nSPS) is 16.0. The number of pyridine rings is 1. The summed E-state index contributed by atoms with van der Waals surface area (Å²) in [6.45, 7) is 2.96. The van der Waals surface area contributed by atoms with E-state index in [1.165, 1.54) is 28.3 Å². The molecule has 1 fully saturated rings. The molecule has 0 bridgehead atoms. The van der Waals surface area contributed by atoms with Crippen LogP contribution in [0.4, 0.5) is 0 Å². The molecule has 1 saturated heterocycles. The molecule has 0 radical (unpaired) electrons. The Hall–Kier alpha value is -3.15. The van der Waals surface area contributed by atoms with Crippen molar-refractivity contribution >= 4 is 23.1 Å². The quantitative estimate of drug-likeness (QED) is 0.581. The fraction of sp³-hybridized carbons (Fsp3) is 0.231. The number of benzene rings is 2. The molecule has 5 nitrogen and oxygen atoms in total. The molecular formula is C26H23ClN2O3. The first kappa shape index (κ1) is 20.7. The zero-order valence-corrected chi connectivity index (χ0v) is 18.3. The van der Waals surface area contributed by atoms with E-state index in [1.807, 2.05) is 18.2 Å². The highest BCUT2D eigenvalue weighted by atomic mass is 35.5. The van der Waals surface area contributed by atoms with Gasteiger partial charge in [0.15, 0.2) is 0 Å². The van der Waals surface area contributed by atoms with Gasteiger partial charge in [0.1, 0.15) is 12.4 Å². The summed E-state index contributed by atoms with van der Waals surface area (Å²) >= 11 is 6.26. The predicted molar refractivity (Wildman–Crippen MR) is 124 cm³/mol. The van der Waals surface area contributed by atoms with Gasteiger partial charge in [-0.15, -0.1) is 0 Å². The molecule has 1 aromatic heterocycles. The Morgan fingerprint density at radius 3 is 2.69 bits per heavy atom. The first-order chi connectivity index (χ1) is 15.6. The van der Waals surface area contributed by atoms with Crippen LogP contribution in [0, 0.1) is 0 Å². The lowest BCUT2D eigenvalue weighted by atomic mass is 9.86. The number of fused-ring (bicyclic) bond motifs is 2. The summed E-state index contributed by atoms with van der Waals surface area (Å²) in [4.78, 5) is 17.9. The minimum Gasteiger partial charge on any atom is -0.488 e. The smallest absolute Gasteiger partial charge is 0.335 e. The van der Waals surface area contributed by atoms with Crippen molar-refractivity contribution in [3.63, 3.8) is 0 Å². The fourth-order valence-corrected chi connectivity index (χ4v) is 4.71. The summed E-state index contributed by atoms with van der Waals surface area (Å²) in [5.74, 6) is -0.0966. The number of aromatic nitrogens is 1. The van der Waals surface area contributed by atoms with Gasteiger partial charge in [0.25, 0.3) is 0 Å². The van der Waals surface area contributed by atoms with E-state index in [4.69, 9.17) is 16.3 Å². The number of rotatable bonds is 3. The lowest BCUT2D eigenvalue weighted by Crippen LogP contribution is -2.31. The Balaban J connectivity index is 1.44. The molecule has 2 aliphatic heterocycles. The van der Waals surface area contributed by atoms with E-state index in [0.29, 0.717) is 18.2 Å². The number of carboxylic acid groups (broad SMARTS) is 1. The van der Waals surface area contributed by atoms with Gasteiger partial charge in [-0.1, -0.05) is 41.4 Å². The number of aromatic carboxylic acids is 1. The Labute approximate surface area is 191 Å². The highest BCUT2D eigenvalue weighted by Crippen LogP contribution is 2.41. The highest BCUT2D eigenvalue weighted by molar-refractivity contribution is 6.30. The number of hydrogen-bond acceptors (Lipinski definition) is 4. The van der Waals surface area contributed by atoms with E-state index in [-0.39, 0.29) is 5.56 Å². The maximum absolute atomic E-state index is 11.2. The van der Waals surface area contributed by atoms with Crippen LogP contribution in [-0.4, -0.2) is 34.0 Å². The maximum Gasteiger partial charge on any atom is 0.335 e. The summed E-state index contributed by atoms with van der Waals surface area (Å²) < 4.78 is 6.12. The average Bonchev–Trinajstić information content (AvgIpc) is 2.96. The number of hydrogen-bond donors (Lipinski definition) is 1. The van der Waals surface area contributed by atoms with E-state index < -0.39 is 5.97 Å². The van der Waals surface area contributed by atoms with E-state index >= 15 is 0 Å². The molecule has 3 heterocycles. The molecule has 0 saturated carbocycles. The Morgan fingerprint density at radius 2 is 1.88 bits per heavy atom. The molecule has 0 amide bonds. The third kappa shape index (κ3) is 4.14. The first-order valence-corrected chi connectivity index (χ1v) is 11.1. The van der Waals surface area contributed by atoms with Crippen molar-refractivity contribution in [1.82, 2.24) is 9.88 Å². The highest BCUT2D eigenvalue weighted by Gasteiger charge is 2.25. The molecule has 0 aliphatic carbocycles. The van der Waals surface area contributed by atoms with Gasteiger partial charge in [-0.3, -0.25) is 9.88 Å². The van der Waals surface area contributed by atoms with Gasteiger partial charge in [0.2, 0.25) is 0 Å². The standard InChI is InChI=1S/C26H23ClN2O3/c27-20-5-6-23-24(14-20)32-16-19-3-1-2-4-22(19)25(23)17-8-11-29(12-9-17)15-21-13-18(26(30)31)7-10-28-21/h1-7,10,13-14H,8-9,11-12,15-16H2,(H,30,31). The van der Waals surface area contributed by atoms with Crippen LogP contribution in [-0.2, 0) is 13.2 Å². The summed E-state index contributed by atoms with van der Waals surface area (Å²) in [6.07, 6.45) is 3.44. The van der Waals surface area contributed by atoms with Gasteiger partial charge in [0, 0.05) is 36.4 Å². The molecule has 2 aliphatic rings. The Bertz CT molecular complexity index is 1210. The van der Waals surface area contributed by atoms with Gasteiger partial charge in [-0.25, -0.2) is 4.79 Å². The minimum absolute atomic E-state index is 0.278. The molecule has 32 heavy (non-hydrogen) atoms. The summed E-state index contributed by atoms with van der Waals surface area (Å²) in [5.41, 5.74) is 7.24. The van der Waals surface area contributed by atoms with Crippen LogP contribution in [0.3, 0.4) is 0 Å². The summed E-state index contributed by atoms with van der Waals surface area (Å²) in [6, 6.07) is 17.5. The molecular weight excluding hydrogens is 424 g/mol. The lowest BCUT2D eigenvalue weighted by Gasteiger charge is -2.30. The Morgan fingerprint density at radius 1 is 1.06 bits per heavy atom. The first-order valence-electron chi connectivity index (χ1n) is 10.7. The monoisotopic (exact) mass is 446 g/mol. The van der Waals surface area contributed by atoms with Gasteiger partial charge < -0.3 is 9.84 Å². The molecule has 1 N–H and O–H groups in total. The summed E-state index contributed by atoms with van der Waals surface area (Å²) in [7, 11) is 0. The second-order valence-corrected chi connectivity index (χ2v) is 8.62. The van der Waals surface area contributed by atoms with Crippen LogP contribution in [0.25, 0.3) is 5.57 Å². The SMILES string of the molecule is O=C(O)c1ccnc(CN2CCC(=C3c4ccccc4COc4cc(Cl)ccc43)CC2)c1. The van der Waals surface area contributed by atoms with Crippen molar-refractivity contribution in [2.45, 2.75) is 26.0 Å². The minimum atomic E-state index is -0.924. The van der Waals surface area contributed by atoms with Gasteiger partial charge in [-0.2, -0.15) is 0 Å². The zero-order valence-electron chi connectivity index (χ0n) is 17.6. The van der Waals surface area contributed by atoms with Crippen LogP contribution >= 0.6 is 11.6 Å². The number of likely N-dealkylation sites (tertiary alicyclic amines) is 1. The maximum atomic E-state index is 11.2. The van der Waals surface area contributed by atoms with Crippen molar-refractivity contribution in [3.05, 3.63) is 99.3 Å². The zero-order chi connectivity index (χ0) is 22.1. The van der Waals surface area contributed by atoms with Crippen LogP contribution in [0.1, 0.15) is 45.6 Å². The van der Waals surface area contributed by atoms with E-state index in [9.17, 15) is 9.90 Å². The number of carbonyl (C=O) groups is 1. The molecule has 3 aromatic rings.